The first-order chi connectivity index (χ1) is 14.1. The zero-order valence-electron chi connectivity index (χ0n) is 16.7. The predicted molar refractivity (Wildman–Crippen MR) is 113 cm³/mol. The molecule has 0 spiro atoms. The Balaban J connectivity index is 1.74. The normalized spacial score (nSPS) is 10.8. The van der Waals surface area contributed by atoms with E-state index in [-0.39, 0.29) is 0 Å². The molecule has 4 aromatic rings. The van der Waals surface area contributed by atoms with Gasteiger partial charge in [-0.1, -0.05) is 29.8 Å². The number of pyridine rings is 1. The largest absolute Gasteiger partial charge is 0.493 e. The van der Waals surface area contributed by atoms with Crippen LogP contribution in [-0.2, 0) is 0 Å². The van der Waals surface area contributed by atoms with Gasteiger partial charge in [0, 0.05) is 29.6 Å². The molecule has 2 heterocycles. The first-order valence-corrected chi connectivity index (χ1v) is 9.11. The SMILES string of the molecule is COc1cc(Nc2nccc3[nH]c(-c4ccc(C)cc4)nc23)cc(OC)c1OC. The molecule has 29 heavy (non-hydrogen) atoms. The van der Waals surface area contributed by atoms with Crippen LogP contribution in [0.1, 0.15) is 5.56 Å². The Morgan fingerprint density at radius 3 is 2.21 bits per heavy atom. The number of methoxy groups -OCH3 is 3. The summed E-state index contributed by atoms with van der Waals surface area (Å²) in [4.78, 5) is 12.6. The molecule has 0 amide bonds. The van der Waals surface area contributed by atoms with E-state index in [0.717, 1.165) is 28.1 Å². The average Bonchev–Trinajstić information content (AvgIpc) is 3.19. The fourth-order valence-electron chi connectivity index (χ4n) is 3.16. The highest BCUT2D eigenvalue weighted by atomic mass is 16.5. The van der Waals surface area contributed by atoms with Gasteiger partial charge in [0.1, 0.15) is 11.3 Å². The lowest BCUT2D eigenvalue weighted by molar-refractivity contribution is 0.324. The molecule has 148 valence electrons. The minimum atomic E-state index is 0.535. The lowest BCUT2D eigenvalue weighted by atomic mass is 10.1. The number of anilines is 2. The topological polar surface area (TPSA) is 81.3 Å². The summed E-state index contributed by atoms with van der Waals surface area (Å²) in [5, 5.41) is 3.31. The molecule has 2 aromatic carbocycles. The number of nitrogens with one attached hydrogen (secondary N) is 2. The fourth-order valence-corrected chi connectivity index (χ4v) is 3.16. The summed E-state index contributed by atoms with van der Waals surface area (Å²) in [5.74, 6) is 3.08. The molecule has 0 aliphatic rings. The third-order valence-corrected chi connectivity index (χ3v) is 4.65. The number of hydrogen-bond donors (Lipinski definition) is 2. The van der Waals surface area contributed by atoms with Crippen molar-refractivity contribution in [2.45, 2.75) is 6.92 Å². The van der Waals surface area contributed by atoms with E-state index in [9.17, 15) is 0 Å². The van der Waals surface area contributed by atoms with Gasteiger partial charge in [-0.15, -0.1) is 0 Å². The molecule has 0 fully saturated rings. The zero-order valence-corrected chi connectivity index (χ0v) is 16.7. The Kier molecular flexibility index (Phi) is 4.95. The van der Waals surface area contributed by atoms with Crippen LogP contribution in [0.25, 0.3) is 22.4 Å². The van der Waals surface area contributed by atoms with Crippen LogP contribution in [0.5, 0.6) is 17.2 Å². The minimum Gasteiger partial charge on any atom is -0.493 e. The van der Waals surface area contributed by atoms with Gasteiger partial charge in [-0.3, -0.25) is 0 Å². The van der Waals surface area contributed by atoms with Crippen molar-refractivity contribution < 1.29 is 14.2 Å². The van der Waals surface area contributed by atoms with Gasteiger partial charge in [0.05, 0.1) is 26.8 Å². The zero-order chi connectivity index (χ0) is 20.4. The van der Waals surface area contributed by atoms with Crippen LogP contribution in [0.15, 0.2) is 48.7 Å². The second-order valence-electron chi connectivity index (χ2n) is 6.55. The number of aromatic amines is 1. The molecular weight excluding hydrogens is 368 g/mol. The lowest BCUT2D eigenvalue weighted by Gasteiger charge is -2.15. The van der Waals surface area contributed by atoms with Crippen LogP contribution in [0.3, 0.4) is 0 Å². The number of rotatable bonds is 6. The molecule has 2 aromatic heterocycles. The number of H-pyrrole nitrogens is 1. The highest BCUT2D eigenvalue weighted by Gasteiger charge is 2.15. The second kappa shape index (κ2) is 7.71. The van der Waals surface area contributed by atoms with E-state index in [4.69, 9.17) is 19.2 Å². The summed E-state index contributed by atoms with van der Waals surface area (Å²) < 4.78 is 16.2. The maximum atomic E-state index is 5.43. The van der Waals surface area contributed by atoms with Crippen LogP contribution < -0.4 is 19.5 Å². The van der Waals surface area contributed by atoms with Crippen molar-refractivity contribution in [3.63, 3.8) is 0 Å². The molecule has 0 saturated carbocycles. The summed E-state index contributed by atoms with van der Waals surface area (Å²) in [7, 11) is 4.75. The van der Waals surface area contributed by atoms with Crippen molar-refractivity contribution >= 4 is 22.5 Å². The number of aryl methyl sites for hydroxylation is 1. The number of nitrogens with zero attached hydrogens (tertiary/aromatic N) is 2. The van der Waals surface area contributed by atoms with Crippen LogP contribution in [-0.4, -0.2) is 36.3 Å². The Morgan fingerprint density at radius 1 is 0.897 bits per heavy atom. The molecule has 0 radical (unpaired) electrons. The number of hydrogen-bond acceptors (Lipinski definition) is 6. The van der Waals surface area contributed by atoms with Gasteiger partial charge in [-0.25, -0.2) is 9.97 Å². The molecular formula is C22H22N4O3. The number of fused-ring (bicyclic) bond motifs is 1. The quantitative estimate of drug-likeness (QED) is 0.497. The number of imidazole rings is 1. The number of aromatic nitrogens is 3. The molecule has 0 aliphatic carbocycles. The number of benzene rings is 2. The Labute approximate surface area is 168 Å². The van der Waals surface area contributed by atoms with E-state index in [1.165, 1.54) is 5.56 Å². The highest BCUT2D eigenvalue weighted by Crippen LogP contribution is 2.41. The Hall–Kier alpha value is -3.74. The summed E-state index contributed by atoms with van der Waals surface area (Å²) in [5.41, 5.74) is 4.61. The van der Waals surface area contributed by atoms with Crippen molar-refractivity contribution in [1.82, 2.24) is 15.0 Å². The third-order valence-electron chi connectivity index (χ3n) is 4.65. The van der Waals surface area contributed by atoms with E-state index in [1.807, 2.05) is 30.3 Å². The van der Waals surface area contributed by atoms with Gasteiger partial charge in [0.25, 0.3) is 0 Å². The van der Waals surface area contributed by atoms with Gasteiger partial charge >= 0.3 is 0 Å². The van der Waals surface area contributed by atoms with Gasteiger partial charge < -0.3 is 24.5 Å². The summed E-state index contributed by atoms with van der Waals surface area (Å²) in [6.45, 7) is 2.06. The fraction of sp³-hybridized carbons (Fsp3) is 0.182. The van der Waals surface area contributed by atoms with Crippen LogP contribution in [0.4, 0.5) is 11.5 Å². The third kappa shape index (κ3) is 3.54. The maximum Gasteiger partial charge on any atom is 0.203 e. The van der Waals surface area contributed by atoms with Crippen molar-refractivity contribution in [3.05, 3.63) is 54.2 Å². The molecule has 0 aliphatic heterocycles. The minimum absolute atomic E-state index is 0.535. The molecule has 0 atom stereocenters. The molecule has 0 saturated heterocycles. The molecule has 4 rings (SSSR count). The lowest BCUT2D eigenvalue weighted by Crippen LogP contribution is -1.99. The maximum absolute atomic E-state index is 5.43. The average molecular weight is 390 g/mol. The first-order valence-electron chi connectivity index (χ1n) is 9.11. The summed E-state index contributed by atoms with van der Waals surface area (Å²) >= 11 is 0. The number of ether oxygens (including phenoxy) is 3. The second-order valence-corrected chi connectivity index (χ2v) is 6.55. The van der Waals surface area contributed by atoms with Crippen molar-refractivity contribution in [1.29, 1.82) is 0 Å². The van der Waals surface area contributed by atoms with Gasteiger partial charge in [0.2, 0.25) is 5.75 Å². The standard InChI is InChI=1S/C22H22N4O3/c1-13-5-7-14(8-6-13)21-25-16-9-10-23-22(19(16)26-21)24-15-11-17(27-2)20(29-4)18(12-15)28-3/h5-12H,1-4H3,(H,23,24)(H,25,26). The van der Waals surface area contributed by atoms with Crippen molar-refractivity contribution in [2.24, 2.45) is 0 Å². The van der Waals surface area contributed by atoms with Gasteiger partial charge in [-0.05, 0) is 13.0 Å². The van der Waals surface area contributed by atoms with Crippen molar-refractivity contribution in [2.75, 3.05) is 26.6 Å². The van der Waals surface area contributed by atoms with E-state index < -0.39 is 0 Å². The highest BCUT2D eigenvalue weighted by molar-refractivity contribution is 5.90. The van der Waals surface area contributed by atoms with Gasteiger partial charge in [-0.2, -0.15) is 0 Å². The predicted octanol–water partition coefficient (Wildman–Crippen LogP) is 4.70. The molecule has 2 N–H and O–H groups in total. The monoisotopic (exact) mass is 390 g/mol. The van der Waals surface area contributed by atoms with Crippen LogP contribution in [0.2, 0.25) is 0 Å². The summed E-state index contributed by atoms with van der Waals surface area (Å²) in [6, 6.07) is 13.8. The molecule has 0 unspecified atom stereocenters. The summed E-state index contributed by atoms with van der Waals surface area (Å²) in [6.07, 6.45) is 1.74. The first kappa shape index (κ1) is 18.6. The van der Waals surface area contributed by atoms with Crippen LogP contribution in [0, 0.1) is 6.92 Å². The van der Waals surface area contributed by atoms with Gasteiger partial charge in [0.15, 0.2) is 17.3 Å². The smallest absolute Gasteiger partial charge is 0.203 e. The molecule has 7 nitrogen and oxygen atoms in total. The van der Waals surface area contributed by atoms with E-state index in [2.05, 4.69) is 34.3 Å². The van der Waals surface area contributed by atoms with Crippen LogP contribution >= 0.6 is 0 Å². The van der Waals surface area contributed by atoms with E-state index >= 15 is 0 Å². The van der Waals surface area contributed by atoms with E-state index in [1.54, 1.807) is 27.5 Å². The molecule has 0 bridgehead atoms. The van der Waals surface area contributed by atoms with Crippen molar-refractivity contribution in [3.8, 4) is 28.6 Å². The Morgan fingerprint density at radius 2 is 1.59 bits per heavy atom. The van der Waals surface area contributed by atoms with E-state index in [0.29, 0.717) is 23.1 Å². The molecule has 7 heteroatoms. The Bertz CT molecular complexity index is 1130.